The van der Waals surface area contributed by atoms with E-state index in [9.17, 15) is 0 Å². The molecule has 0 fully saturated rings. The van der Waals surface area contributed by atoms with Crippen LogP contribution >= 0.6 is 11.8 Å². The summed E-state index contributed by atoms with van der Waals surface area (Å²) in [5, 5.41) is 11.4. The molecule has 1 rings (SSSR count). The molecular formula is C16H31N5S. The van der Waals surface area contributed by atoms with Crippen LogP contribution in [0.2, 0.25) is 0 Å². The molecule has 0 saturated carbocycles. The molecule has 1 atom stereocenters. The first kappa shape index (κ1) is 18.9. The van der Waals surface area contributed by atoms with Crippen molar-refractivity contribution in [2.45, 2.75) is 51.8 Å². The fraction of sp³-hybridized carbons (Fsp3) is 0.750. The Balaban J connectivity index is 2.61. The maximum Gasteiger partial charge on any atom is 0.191 e. The van der Waals surface area contributed by atoms with E-state index in [1.165, 1.54) is 11.3 Å². The molecule has 1 aromatic heterocycles. The quantitative estimate of drug-likeness (QED) is 0.622. The number of aromatic nitrogens is 2. The highest BCUT2D eigenvalue weighted by atomic mass is 32.2. The minimum absolute atomic E-state index is 0.192. The molecule has 0 aliphatic heterocycles. The predicted octanol–water partition coefficient (Wildman–Crippen LogP) is 2.27. The van der Waals surface area contributed by atoms with E-state index in [1.807, 2.05) is 30.5 Å². The number of aliphatic imine (C=N–C) groups is 1. The number of rotatable bonds is 6. The zero-order valence-corrected chi connectivity index (χ0v) is 16.1. The number of guanidine groups is 1. The van der Waals surface area contributed by atoms with Gasteiger partial charge < -0.3 is 10.6 Å². The van der Waals surface area contributed by atoms with Crippen molar-refractivity contribution in [2.24, 2.45) is 12.0 Å². The number of aryl methyl sites for hydroxylation is 2. The Bertz CT molecular complexity index is 519. The third kappa shape index (κ3) is 5.23. The van der Waals surface area contributed by atoms with Gasteiger partial charge in [-0.3, -0.25) is 9.67 Å². The first-order valence-electron chi connectivity index (χ1n) is 7.71. The van der Waals surface area contributed by atoms with Gasteiger partial charge >= 0.3 is 0 Å². The fourth-order valence-corrected chi connectivity index (χ4v) is 2.48. The van der Waals surface area contributed by atoms with E-state index in [0.717, 1.165) is 24.6 Å². The smallest absolute Gasteiger partial charge is 0.191 e. The molecule has 6 heteroatoms. The molecule has 1 aromatic rings. The third-order valence-corrected chi connectivity index (χ3v) is 5.26. The molecule has 126 valence electrons. The number of hydrogen-bond acceptors (Lipinski definition) is 3. The van der Waals surface area contributed by atoms with Gasteiger partial charge in [-0.1, -0.05) is 0 Å². The number of thioether (sulfide) groups is 1. The lowest BCUT2D eigenvalue weighted by Gasteiger charge is -2.25. The average molecular weight is 326 g/mol. The van der Waals surface area contributed by atoms with E-state index in [4.69, 9.17) is 0 Å². The van der Waals surface area contributed by atoms with Crippen molar-refractivity contribution in [3.63, 3.8) is 0 Å². The molecule has 0 bridgehead atoms. The SMILES string of the molecule is CN=C(NCC(C)(C)SC)NC(C)Cc1c(C)nn(C)c1C. The molecule has 2 N–H and O–H groups in total. The van der Waals surface area contributed by atoms with E-state index in [2.05, 4.69) is 61.6 Å². The van der Waals surface area contributed by atoms with Crippen molar-refractivity contribution < 1.29 is 0 Å². The zero-order chi connectivity index (χ0) is 16.9. The largest absolute Gasteiger partial charge is 0.355 e. The van der Waals surface area contributed by atoms with Gasteiger partial charge in [0.2, 0.25) is 0 Å². The van der Waals surface area contributed by atoms with Crippen LogP contribution in [0.1, 0.15) is 37.7 Å². The van der Waals surface area contributed by atoms with Crippen LogP contribution in [-0.4, -0.2) is 46.4 Å². The first-order valence-corrected chi connectivity index (χ1v) is 8.94. The maximum atomic E-state index is 4.48. The van der Waals surface area contributed by atoms with Crippen LogP contribution in [0.5, 0.6) is 0 Å². The monoisotopic (exact) mass is 325 g/mol. The molecule has 0 aliphatic carbocycles. The van der Waals surface area contributed by atoms with Crippen molar-refractivity contribution in [2.75, 3.05) is 19.8 Å². The van der Waals surface area contributed by atoms with Gasteiger partial charge in [-0.15, -0.1) is 0 Å². The van der Waals surface area contributed by atoms with Crippen LogP contribution in [0.3, 0.4) is 0 Å². The van der Waals surface area contributed by atoms with Gasteiger partial charge in [0, 0.05) is 37.1 Å². The first-order chi connectivity index (χ1) is 10.2. The van der Waals surface area contributed by atoms with Crippen LogP contribution in [0.4, 0.5) is 0 Å². The Labute approximate surface area is 139 Å². The van der Waals surface area contributed by atoms with Gasteiger partial charge in [0.05, 0.1) is 5.69 Å². The number of hydrogen-bond donors (Lipinski definition) is 2. The fourth-order valence-electron chi connectivity index (χ4n) is 2.27. The van der Waals surface area contributed by atoms with Crippen LogP contribution in [0.15, 0.2) is 4.99 Å². The highest BCUT2D eigenvalue weighted by molar-refractivity contribution is 7.99. The lowest BCUT2D eigenvalue weighted by molar-refractivity contribution is 0.615. The van der Waals surface area contributed by atoms with Gasteiger partial charge in [-0.2, -0.15) is 16.9 Å². The summed E-state index contributed by atoms with van der Waals surface area (Å²) in [4.78, 5) is 4.32. The standard InChI is InChI=1S/C16H31N5S/c1-11(9-14-12(2)20-21(7)13(14)3)19-15(17-6)18-10-16(4,5)22-8/h11H,9-10H2,1-8H3,(H2,17,18,19). The molecule has 0 amide bonds. The molecular weight excluding hydrogens is 294 g/mol. The van der Waals surface area contributed by atoms with Gasteiger partial charge in [-0.25, -0.2) is 0 Å². The summed E-state index contributed by atoms with van der Waals surface area (Å²) in [5.41, 5.74) is 3.67. The Morgan fingerprint density at radius 1 is 1.41 bits per heavy atom. The summed E-state index contributed by atoms with van der Waals surface area (Å²) in [5.74, 6) is 0.855. The minimum Gasteiger partial charge on any atom is -0.355 e. The molecule has 0 aromatic carbocycles. The van der Waals surface area contributed by atoms with E-state index in [0.29, 0.717) is 6.04 Å². The summed E-state index contributed by atoms with van der Waals surface area (Å²) in [6.45, 7) is 11.7. The molecule has 0 saturated heterocycles. The molecule has 0 aliphatic rings. The molecule has 1 unspecified atom stereocenters. The highest BCUT2D eigenvalue weighted by Gasteiger charge is 2.18. The van der Waals surface area contributed by atoms with Crippen LogP contribution in [0, 0.1) is 13.8 Å². The van der Waals surface area contributed by atoms with E-state index in [1.54, 1.807) is 0 Å². The molecule has 5 nitrogen and oxygen atoms in total. The van der Waals surface area contributed by atoms with Crippen molar-refractivity contribution in [3.8, 4) is 0 Å². The van der Waals surface area contributed by atoms with Crippen molar-refractivity contribution in [1.82, 2.24) is 20.4 Å². The Hall–Kier alpha value is -1.17. The molecule has 0 radical (unpaired) electrons. The summed E-state index contributed by atoms with van der Waals surface area (Å²) in [6, 6.07) is 0.296. The maximum absolute atomic E-state index is 4.48. The summed E-state index contributed by atoms with van der Waals surface area (Å²) >= 11 is 1.85. The summed E-state index contributed by atoms with van der Waals surface area (Å²) < 4.78 is 2.14. The molecule has 1 heterocycles. The lowest BCUT2D eigenvalue weighted by atomic mass is 10.1. The van der Waals surface area contributed by atoms with Crippen molar-refractivity contribution >= 4 is 17.7 Å². The predicted molar refractivity (Wildman–Crippen MR) is 97.9 cm³/mol. The van der Waals surface area contributed by atoms with Crippen LogP contribution in [0.25, 0.3) is 0 Å². The summed E-state index contributed by atoms with van der Waals surface area (Å²) in [6.07, 6.45) is 3.08. The van der Waals surface area contributed by atoms with Crippen molar-refractivity contribution in [3.05, 3.63) is 17.0 Å². The Kier molecular flexibility index (Phi) is 6.78. The minimum atomic E-state index is 0.192. The lowest BCUT2D eigenvalue weighted by Crippen LogP contribution is -2.46. The highest BCUT2D eigenvalue weighted by Crippen LogP contribution is 2.19. The molecule has 0 spiro atoms. The Morgan fingerprint density at radius 2 is 2.05 bits per heavy atom. The average Bonchev–Trinajstić information content (AvgIpc) is 2.70. The Morgan fingerprint density at radius 3 is 2.50 bits per heavy atom. The van der Waals surface area contributed by atoms with E-state index in [-0.39, 0.29) is 4.75 Å². The number of nitrogens with one attached hydrogen (secondary N) is 2. The van der Waals surface area contributed by atoms with Crippen LogP contribution in [-0.2, 0) is 13.5 Å². The third-order valence-electron chi connectivity index (χ3n) is 4.01. The topological polar surface area (TPSA) is 54.2 Å². The second-order valence-corrected chi connectivity index (χ2v) is 7.93. The van der Waals surface area contributed by atoms with Crippen LogP contribution < -0.4 is 10.6 Å². The van der Waals surface area contributed by atoms with Gasteiger partial charge in [-0.05, 0) is 52.9 Å². The van der Waals surface area contributed by atoms with Gasteiger partial charge in [0.1, 0.15) is 0 Å². The summed E-state index contributed by atoms with van der Waals surface area (Å²) in [7, 11) is 3.81. The second kappa shape index (κ2) is 7.90. The normalized spacial score (nSPS) is 14.1. The number of nitrogens with zero attached hydrogens (tertiary/aromatic N) is 3. The van der Waals surface area contributed by atoms with E-state index >= 15 is 0 Å². The van der Waals surface area contributed by atoms with E-state index < -0.39 is 0 Å². The van der Waals surface area contributed by atoms with Crippen molar-refractivity contribution in [1.29, 1.82) is 0 Å². The van der Waals surface area contributed by atoms with Gasteiger partial charge in [0.15, 0.2) is 5.96 Å². The second-order valence-electron chi connectivity index (χ2n) is 6.41. The zero-order valence-electron chi connectivity index (χ0n) is 15.2. The van der Waals surface area contributed by atoms with Gasteiger partial charge in [0.25, 0.3) is 0 Å². The molecule has 22 heavy (non-hydrogen) atoms.